The largest absolute Gasteiger partial charge is 0.466 e. The molecular weight excluding hydrogens is 450 g/mol. The number of nitrogens with zero attached hydrogens (tertiary/aromatic N) is 3. The van der Waals surface area contributed by atoms with Gasteiger partial charge in [-0.05, 0) is 44.7 Å². The predicted molar refractivity (Wildman–Crippen MR) is 119 cm³/mol. The number of rotatable bonds is 5. The van der Waals surface area contributed by atoms with E-state index in [1.807, 2.05) is 0 Å². The van der Waals surface area contributed by atoms with Crippen LogP contribution in [0.1, 0.15) is 32.6 Å². The third-order valence-corrected chi connectivity index (χ3v) is 8.35. The lowest BCUT2D eigenvalue weighted by atomic mass is 9.94. The molecule has 2 aromatic rings. The van der Waals surface area contributed by atoms with Crippen LogP contribution in [0, 0.1) is 11.8 Å². The number of sulfonamides is 1. The number of fused-ring (bicyclic) bond motifs is 1. The van der Waals surface area contributed by atoms with Gasteiger partial charge in [-0.2, -0.15) is 4.31 Å². The maximum absolute atomic E-state index is 13.3. The van der Waals surface area contributed by atoms with E-state index in [1.165, 1.54) is 21.0 Å². The number of esters is 1. The van der Waals surface area contributed by atoms with Crippen molar-refractivity contribution in [2.45, 2.75) is 37.5 Å². The number of benzene rings is 1. The summed E-state index contributed by atoms with van der Waals surface area (Å²) in [6.45, 7) is 3.32. The molecular formula is C22H29N3O7S. The highest BCUT2D eigenvalue weighted by Crippen LogP contribution is 2.28. The number of ether oxygens (including phenoxy) is 1. The van der Waals surface area contributed by atoms with Gasteiger partial charge in [0, 0.05) is 39.3 Å². The van der Waals surface area contributed by atoms with E-state index in [0.29, 0.717) is 57.4 Å². The van der Waals surface area contributed by atoms with Crippen LogP contribution < -0.4 is 5.76 Å². The number of aryl methyl sites for hydroxylation is 1. The van der Waals surface area contributed by atoms with Crippen molar-refractivity contribution >= 4 is 33.0 Å². The number of carbonyl (C=O) groups is 2. The third-order valence-electron chi connectivity index (χ3n) is 6.49. The van der Waals surface area contributed by atoms with E-state index in [2.05, 4.69) is 0 Å². The second-order valence-electron chi connectivity index (χ2n) is 8.63. The molecule has 2 atom stereocenters. The minimum atomic E-state index is -3.87. The molecule has 10 nitrogen and oxygen atoms in total. The molecule has 0 spiro atoms. The summed E-state index contributed by atoms with van der Waals surface area (Å²) in [5.74, 6) is -1.77. The number of piperidine rings is 2. The van der Waals surface area contributed by atoms with Crippen molar-refractivity contribution in [1.82, 2.24) is 13.8 Å². The lowest BCUT2D eigenvalue weighted by Crippen LogP contribution is -2.50. The Morgan fingerprint density at radius 1 is 1.12 bits per heavy atom. The molecule has 2 aliphatic rings. The predicted octanol–water partition coefficient (Wildman–Crippen LogP) is 1.33. The quantitative estimate of drug-likeness (QED) is 0.594. The van der Waals surface area contributed by atoms with Crippen molar-refractivity contribution in [2.24, 2.45) is 18.9 Å². The second-order valence-corrected chi connectivity index (χ2v) is 10.6. The Bertz CT molecular complexity index is 1220. The topological polar surface area (TPSA) is 119 Å². The Morgan fingerprint density at radius 3 is 2.61 bits per heavy atom. The number of likely N-dealkylation sites (tertiary alicyclic amines) is 1. The van der Waals surface area contributed by atoms with E-state index in [4.69, 9.17) is 9.15 Å². The fraction of sp³-hybridized carbons (Fsp3) is 0.591. The van der Waals surface area contributed by atoms with Crippen LogP contribution in [0.4, 0.5) is 0 Å². The van der Waals surface area contributed by atoms with Crippen LogP contribution in [0.5, 0.6) is 0 Å². The van der Waals surface area contributed by atoms with Gasteiger partial charge in [-0.1, -0.05) is 0 Å². The smallest absolute Gasteiger partial charge is 0.419 e. The summed E-state index contributed by atoms with van der Waals surface area (Å²) < 4.78 is 39.5. The van der Waals surface area contributed by atoms with Crippen LogP contribution >= 0.6 is 0 Å². The standard InChI is InChI=1S/C22H29N3O7S/c1-3-31-21(27)16-7-4-10-24(13-16)20(26)15-6-5-11-25(14-15)33(29,30)17-8-9-18-19(12-17)32-22(28)23(18)2/h8-9,12,15-16H,3-7,10-11,13-14H2,1-2H3/t15-,16+/m0/s1. The highest BCUT2D eigenvalue weighted by atomic mass is 32.2. The highest BCUT2D eigenvalue weighted by Gasteiger charge is 2.37. The number of aromatic nitrogens is 1. The first kappa shape index (κ1) is 23.5. The van der Waals surface area contributed by atoms with Crippen molar-refractivity contribution in [3.63, 3.8) is 0 Å². The Kier molecular flexibility index (Phi) is 6.62. The minimum Gasteiger partial charge on any atom is -0.466 e. The first-order chi connectivity index (χ1) is 15.7. The number of hydrogen-bond acceptors (Lipinski definition) is 7. The highest BCUT2D eigenvalue weighted by molar-refractivity contribution is 7.89. The Labute approximate surface area is 192 Å². The lowest BCUT2D eigenvalue weighted by Gasteiger charge is -2.37. The first-order valence-electron chi connectivity index (χ1n) is 11.3. The third kappa shape index (κ3) is 4.56. The molecule has 0 saturated carbocycles. The van der Waals surface area contributed by atoms with Gasteiger partial charge in [0.2, 0.25) is 15.9 Å². The summed E-state index contributed by atoms with van der Waals surface area (Å²) >= 11 is 0. The summed E-state index contributed by atoms with van der Waals surface area (Å²) in [7, 11) is -2.32. The normalized spacial score (nSPS) is 22.4. The van der Waals surface area contributed by atoms with E-state index >= 15 is 0 Å². The molecule has 0 bridgehead atoms. The van der Waals surface area contributed by atoms with Crippen molar-refractivity contribution in [3.8, 4) is 0 Å². The van der Waals surface area contributed by atoms with Gasteiger partial charge in [0.1, 0.15) is 0 Å². The van der Waals surface area contributed by atoms with Gasteiger partial charge in [-0.25, -0.2) is 13.2 Å². The summed E-state index contributed by atoms with van der Waals surface area (Å²) in [5, 5.41) is 0. The maximum atomic E-state index is 13.3. The van der Waals surface area contributed by atoms with E-state index in [0.717, 1.165) is 0 Å². The number of hydrogen-bond donors (Lipinski definition) is 0. The molecule has 4 rings (SSSR count). The van der Waals surface area contributed by atoms with Crippen molar-refractivity contribution in [3.05, 3.63) is 28.7 Å². The Balaban J connectivity index is 1.49. The zero-order valence-electron chi connectivity index (χ0n) is 18.9. The van der Waals surface area contributed by atoms with Crippen molar-refractivity contribution in [2.75, 3.05) is 32.8 Å². The average Bonchev–Trinajstić information content (AvgIpc) is 3.11. The van der Waals surface area contributed by atoms with Crippen molar-refractivity contribution in [1.29, 1.82) is 0 Å². The molecule has 0 radical (unpaired) electrons. The van der Waals surface area contributed by atoms with Gasteiger partial charge >= 0.3 is 11.7 Å². The lowest BCUT2D eigenvalue weighted by molar-refractivity contribution is -0.152. The van der Waals surface area contributed by atoms with E-state index in [1.54, 1.807) is 24.9 Å². The molecule has 3 heterocycles. The summed E-state index contributed by atoms with van der Waals surface area (Å²) in [5.41, 5.74) is 0.707. The van der Waals surface area contributed by atoms with Crippen LogP contribution in [-0.2, 0) is 31.4 Å². The van der Waals surface area contributed by atoms with Gasteiger partial charge in [0.05, 0.1) is 28.9 Å². The van der Waals surface area contributed by atoms with Gasteiger partial charge < -0.3 is 14.1 Å². The Morgan fingerprint density at radius 2 is 1.85 bits per heavy atom. The monoisotopic (exact) mass is 479 g/mol. The Hall–Kier alpha value is -2.66. The van der Waals surface area contributed by atoms with Crippen LogP contribution in [-0.4, -0.2) is 66.9 Å². The molecule has 2 fully saturated rings. The molecule has 11 heteroatoms. The number of carbonyl (C=O) groups excluding carboxylic acids is 2. The van der Waals surface area contributed by atoms with E-state index in [9.17, 15) is 22.8 Å². The van der Waals surface area contributed by atoms with Gasteiger partial charge in [0.15, 0.2) is 5.58 Å². The molecule has 0 unspecified atom stereocenters. The molecule has 1 amide bonds. The SMILES string of the molecule is CCOC(=O)[C@@H]1CCCN(C(=O)[C@H]2CCCN(S(=O)(=O)c3ccc4c(c3)oc(=O)n4C)C2)C1. The average molecular weight is 480 g/mol. The molecule has 2 saturated heterocycles. The molecule has 1 aromatic carbocycles. The van der Waals surface area contributed by atoms with Crippen LogP contribution in [0.3, 0.4) is 0 Å². The van der Waals surface area contributed by atoms with Crippen molar-refractivity contribution < 1.29 is 27.2 Å². The number of amides is 1. The molecule has 0 N–H and O–H groups in total. The van der Waals surface area contributed by atoms with Crippen LogP contribution in [0.15, 0.2) is 32.3 Å². The van der Waals surface area contributed by atoms with Crippen LogP contribution in [0.2, 0.25) is 0 Å². The molecule has 2 aliphatic heterocycles. The second kappa shape index (κ2) is 9.30. The molecule has 180 valence electrons. The maximum Gasteiger partial charge on any atom is 0.419 e. The fourth-order valence-electron chi connectivity index (χ4n) is 4.67. The number of oxazole rings is 1. The summed E-state index contributed by atoms with van der Waals surface area (Å²) in [6, 6.07) is 4.35. The molecule has 0 aliphatic carbocycles. The van der Waals surface area contributed by atoms with Gasteiger partial charge in [-0.15, -0.1) is 0 Å². The minimum absolute atomic E-state index is 0.0257. The van der Waals surface area contributed by atoms with Gasteiger partial charge in [0.25, 0.3) is 0 Å². The van der Waals surface area contributed by atoms with E-state index < -0.39 is 21.7 Å². The zero-order chi connectivity index (χ0) is 23.8. The zero-order valence-corrected chi connectivity index (χ0v) is 19.7. The summed E-state index contributed by atoms with van der Waals surface area (Å²) in [4.78, 5) is 38.8. The van der Waals surface area contributed by atoms with E-state index in [-0.39, 0.29) is 34.8 Å². The summed E-state index contributed by atoms with van der Waals surface area (Å²) in [6.07, 6.45) is 2.56. The first-order valence-corrected chi connectivity index (χ1v) is 12.7. The van der Waals surface area contributed by atoms with Gasteiger partial charge in [-0.3, -0.25) is 14.2 Å². The molecule has 1 aromatic heterocycles. The molecule has 33 heavy (non-hydrogen) atoms. The fourth-order valence-corrected chi connectivity index (χ4v) is 6.21. The van der Waals surface area contributed by atoms with Crippen LogP contribution in [0.25, 0.3) is 11.1 Å².